The Morgan fingerprint density at radius 2 is 1.85 bits per heavy atom. The largest absolute Gasteiger partial charge is 0.416 e. The molecule has 0 spiro atoms. The van der Waals surface area contributed by atoms with E-state index in [2.05, 4.69) is 13.0 Å². The zero-order valence-electron chi connectivity index (χ0n) is 19.2. The first-order valence-electron chi connectivity index (χ1n) is 12.3. The number of thioether (sulfide) groups is 1. The Morgan fingerprint density at radius 1 is 1.09 bits per heavy atom. The number of carbonyl (C=O) groups excluding carboxylic acids is 1. The summed E-state index contributed by atoms with van der Waals surface area (Å²) in [6, 6.07) is 5.43. The van der Waals surface area contributed by atoms with E-state index in [1.165, 1.54) is 5.57 Å². The Labute approximate surface area is 198 Å². The molecule has 1 aromatic rings. The van der Waals surface area contributed by atoms with E-state index in [4.69, 9.17) is 0 Å². The van der Waals surface area contributed by atoms with Crippen molar-refractivity contribution in [2.24, 2.45) is 28.6 Å². The van der Waals surface area contributed by atoms with Crippen LogP contribution >= 0.6 is 11.8 Å². The van der Waals surface area contributed by atoms with Crippen LogP contribution in [0.15, 0.2) is 40.8 Å². The zero-order chi connectivity index (χ0) is 23.4. The Hall–Kier alpha value is -1.27. The second-order valence-corrected chi connectivity index (χ2v) is 12.3. The molecule has 1 N–H and O–H groups in total. The average Bonchev–Trinajstić information content (AvgIpc) is 3.10. The third kappa shape index (κ3) is 4.20. The van der Waals surface area contributed by atoms with Gasteiger partial charge >= 0.3 is 6.18 Å². The van der Waals surface area contributed by atoms with Crippen LogP contribution in [-0.2, 0) is 11.0 Å². The number of hydrogen-bond acceptors (Lipinski definition) is 3. The molecule has 4 aliphatic rings. The molecule has 0 amide bonds. The van der Waals surface area contributed by atoms with Crippen LogP contribution in [0, 0.1) is 28.6 Å². The highest BCUT2D eigenvalue weighted by Crippen LogP contribution is 2.65. The van der Waals surface area contributed by atoms with Crippen molar-refractivity contribution in [1.82, 2.24) is 0 Å². The van der Waals surface area contributed by atoms with Gasteiger partial charge in [-0.05, 0) is 104 Å². The van der Waals surface area contributed by atoms with Gasteiger partial charge in [0.05, 0.1) is 11.7 Å². The first kappa shape index (κ1) is 23.5. The van der Waals surface area contributed by atoms with Gasteiger partial charge in [-0.2, -0.15) is 13.2 Å². The fraction of sp³-hybridized carbons (Fsp3) is 0.667. The molecule has 4 aliphatic carbocycles. The van der Waals surface area contributed by atoms with Gasteiger partial charge in [-0.1, -0.05) is 18.6 Å². The lowest BCUT2D eigenvalue weighted by molar-refractivity contribution is -0.137. The first-order valence-corrected chi connectivity index (χ1v) is 13.3. The van der Waals surface area contributed by atoms with E-state index in [-0.39, 0.29) is 16.9 Å². The van der Waals surface area contributed by atoms with Crippen LogP contribution in [0.25, 0.3) is 0 Å². The number of rotatable bonds is 4. The molecule has 6 heteroatoms. The molecule has 0 bridgehead atoms. The zero-order valence-corrected chi connectivity index (χ0v) is 20.0. The number of alkyl halides is 3. The van der Waals surface area contributed by atoms with Crippen molar-refractivity contribution in [3.05, 3.63) is 41.5 Å². The normalized spacial score (nSPS) is 38.3. The van der Waals surface area contributed by atoms with Crippen molar-refractivity contribution in [3.63, 3.8) is 0 Å². The summed E-state index contributed by atoms with van der Waals surface area (Å²) in [5.41, 5.74) is 1.04. The standard InChI is InChI=1S/C27H33F3O2S/c1-25-10-8-19(31)14-18(25)4-7-22-23(25)9-11-26(16-20(32)15-24(22)26)12-13-33-21-5-2-17(3-6-21)27(28,29)30/h2-6,19,22-24,31H,7-16H2,1H3/t19-,22+,23-,24-,25-,26-/m0/s1. The molecule has 0 unspecified atom stereocenters. The maximum Gasteiger partial charge on any atom is 0.416 e. The van der Waals surface area contributed by atoms with Crippen LogP contribution in [0.2, 0.25) is 0 Å². The summed E-state index contributed by atoms with van der Waals surface area (Å²) >= 11 is 1.61. The number of Topliss-reactive ketones (excluding diaryl/α,β-unsaturated/α-hetero) is 1. The van der Waals surface area contributed by atoms with Gasteiger partial charge < -0.3 is 5.11 Å². The molecule has 1 aromatic carbocycles. The molecule has 6 atom stereocenters. The van der Waals surface area contributed by atoms with Gasteiger partial charge in [0.2, 0.25) is 0 Å². The Balaban J connectivity index is 1.29. The third-order valence-electron chi connectivity index (χ3n) is 9.46. The summed E-state index contributed by atoms with van der Waals surface area (Å²) in [6.07, 6.45) is 6.13. The van der Waals surface area contributed by atoms with Gasteiger partial charge in [0.1, 0.15) is 5.78 Å². The number of fused-ring (bicyclic) bond motifs is 5. The van der Waals surface area contributed by atoms with Gasteiger partial charge in [0, 0.05) is 17.7 Å². The summed E-state index contributed by atoms with van der Waals surface area (Å²) in [4.78, 5) is 13.6. The third-order valence-corrected chi connectivity index (χ3v) is 10.5. The molecule has 0 aliphatic heterocycles. The summed E-state index contributed by atoms with van der Waals surface area (Å²) in [5.74, 6) is 2.76. The van der Waals surface area contributed by atoms with E-state index >= 15 is 0 Å². The molecule has 3 fully saturated rings. The summed E-state index contributed by atoms with van der Waals surface area (Å²) in [5, 5.41) is 10.2. The SMILES string of the molecule is C[C@]12CC[C@H](O)CC1=CC[C@H]1[C@@H]3CC(=O)C[C@@]3(CCSc3ccc(C(F)(F)F)cc3)CC[C@@H]12. The number of aliphatic hydroxyl groups excluding tert-OH is 1. The van der Waals surface area contributed by atoms with E-state index in [0.29, 0.717) is 36.4 Å². The predicted molar refractivity (Wildman–Crippen MR) is 124 cm³/mol. The van der Waals surface area contributed by atoms with Crippen LogP contribution in [0.4, 0.5) is 13.2 Å². The maximum atomic E-state index is 12.8. The lowest BCUT2D eigenvalue weighted by Crippen LogP contribution is -2.50. The van der Waals surface area contributed by atoms with Crippen molar-refractivity contribution >= 4 is 17.5 Å². The van der Waals surface area contributed by atoms with Gasteiger partial charge in [-0.25, -0.2) is 0 Å². The molecule has 0 heterocycles. The Morgan fingerprint density at radius 3 is 2.58 bits per heavy atom. The Bertz CT molecular complexity index is 940. The molecule has 33 heavy (non-hydrogen) atoms. The second-order valence-electron chi connectivity index (χ2n) is 11.1. The van der Waals surface area contributed by atoms with E-state index < -0.39 is 11.7 Å². The molecule has 0 radical (unpaired) electrons. The van der Waals surface area contributed by atoms with Crippen molar-refractivity contribution in [1.29, 1.82) is 0 Å². The van der Waals surface area contributed by atoms with Crippen LogP contribution in [-0.4, -0.2) is 22.7 Å². The minimum absolute atomic E-state index is 0.0487. The Kier molecular flexibility index (Phi) is 6.00. The fourth-order valence-corrected chi connectivity index (χ4v) is 8.81. The minimum atomic E-state index is -4.31. The maximum absolute atomic E-state index is 12.8. The minimum Gasteiger partial charge on any atom is -0.393 e. The number of halogens is 3. The lowest BCUT2D eigenvalue weighted by Gasteiger charge is -2.57. The molecule has 3 saturated carbocycles. The number of carbonyl (C=O) groups is 1. The van der Waals surface area contributed by atoms with E-state index in [0.717, 1.165) is 67.7 Å². The summed E-state index contributed by atoms with van der Waals surface area (Å²) < 4.78 is 38.5. The van der Waals surface area contributed by atoms with Crippen molar-refractivity contribution in [2.75, 3.05) is 5.75 Å². The van der Waals surface area contributed by atoms with Gasteiger partial charge in [-0.15, -0.1) is 11.8 Å². The van der Waals surface area contributed by atoms with Crippen molar-refractivity contribution in [3.8, 4) is 0 Å². The van der Waals surface area contributed by atoms with Gasteiger partial charge in [0.15, 0.2) is 0 Å². The quantitative estimate of drug-likeness (QED) is 0.372. The van der Waals surface area contributed by atoms with Crippen molar-refractivity contribution < 1.29 is 23.1 Å². The molecule has 0 aromatic heterocycles. The van der Waals surface area contributed by atoms with E-state index in [1.54, 1.807) is 23.9 Å². The molecular formula is C27H33F3O2S. The van der Waals surface area contributed by atoms with Crippen molar-refractivity contribution in [2.45, 2.75) is 81.9 Å². The first-order chi connectivity index (χ1) is 15.6. The number of ketones is 1. The number of allylic oxidation sites excluding steroid dienone is 1. The second kappa shape index (κ2) is 8.44. The average molecular weight is 479 g/mol. The smallest absolute Gasteiger partial charge is 0.393 e. The van der Waals surface area contributed by atoms with Gasteiger partial charge in [-0.3, -0.25) is 4.79 Å². The molecule has 0 saturated heterocycles. The fourth-order valence-electron chi connectivity index (χ4n) is 7.74. The summed E-state index contributed by atoms with van der Waals surface area (Å²) in [7, 11) is 0. The molecular weight excluding hydrogens is 445 g/mol. The monoisotopic (exact) mass is 478 g/mol. The van der Waals surface area contributed by atoms with Crippen LogP contribution in [0.5, 0.6) is 0 Å². The number of hydrogen-bond donors (Lipinski definition) is 1. The number of benzene rings is 1. The highest BCUT2D eigenvalue weighted by Gasteiger charge is 2.58. The number of aliphatic hydroxyl groups is 1. The van der Waals surface area contributed by atoms with Crippen LogP contribution in [0.3, 0.4) is 0 Å². The topological polar surface area (TPSA) is 37.3 Å². The highest BCUT2D eigenvalue weighted by atomic mass is 32.2. The van der Waals surface area contributed by atoms with Gasteiger partial charge in [0.25, 0.3) is 0 Å². The lowest BCUT2D eigenvalue weighted by atomic mass is 9.47. The predicted octanol–water partition coefficient (Wildman–Crippen LogP) is 7.06. The van der Waals surface area contributed by atoms with E-state index in [9.17, 15) is 23.1 Å². The van der Waals surface area contributed by atoms with Crippen LogP contribution in [0.1, 0.15) is 70.3 Å². The molecule has 5 rings (SSSR count). The van der Waals surface area contributed by atoms with E-state index in [1.807, 2.05) is 0 Å². The summed E-state index contributed by atoms with van der Waals surface area (Å²) in [6.45, 7) is 2.39. The highest BCUT2D eigenvalue weighted by molar-refractivity contribution is 7.99. The molecule has 180 valence electrons. The van der Waals surface area contributed by atoms with Crippen LogP contribution < -0.4 is 0 Å². The molecule has 2 nitrogen and oxygen atoms in total.